The zero-order valence-corrected chi connectivity index (χ0v) is 18.4. The number of benzene rings is 1. The van der Waals surface area contributed by atoms with E-state index in [1.807, 2.05) is 0 Å². The monoisotopic (exact) mass is 479 g/mol. The van der Waals surface area contributed by atoms with Gasteiger partial charge in [-0.3, -0.25) is 9.69 Å². The number of ether oxygens (including phenoxy) is 1. The highest BCUT2D eigenvalue weighted by molar-refractivity contribution is 9.10. The van der Waals surface area contributed by atoms with Gasteiger partial charge < -0.3 is 14.2 Å². The molecule has 1 aliphatic heterocycles. The third-order valence-corrected chi connectivity index (χ3v) is 5.79. The fourth-order valence-electron chi connectivity index (χ4n) is 3.52. The number of rotatable bonds is 3. The average molecular weight is 480 g/mol. The number of hydrogen-bond acceptors (Lipinski definition) is 4. The molecule has 0 saturated carbocycles. The molecule has 3 aromatic rings. The van der Waals surface area contributed by atoms with E-state index in [0.717, 1.165) is 0 Å². The smallest absolute Gasteiger partial charge is 0.268 e. The van der Waals surface area contributed by atoms with E-state index in [2.05, 4.69) is 20.9 Å². The van der Waals surface area contributed by atoms with Crippen LogP contribution in [0.5, 0.6) is 5.75 Å². The molecule has 0 spiro atoms. The first-order valence-electron chi connectivity index (χ1n) is 9.34. The second kappa shape index (κ2) is 7.02. The molecule has 1 atom stereocenters. The SMILES string of the molecule is Cc1nc2cc(F)c(Br)cn2c1CN1C(=O)[C@@H](C)Oc2c(F)cc(C(C)(C)O)cc21. The van der Waals surface area contributed by atoms with Gasteiger partial charge in [-0.25, -0.2) is 13.8 Å². The second-order valence-electron chi connectivity index (χ2n) is 7.89. The number of nitrogens with zero attached hydrogens (tertiary/aromatic N) is 3. The van der Waals surface area contributed by atoms with Crippen LogP contribution in [0.15, 0.2) is 28.9 Å². The molecule has 0 bridgehead atoms. The van der Waals surface area contributed by atoms with Crippen molar-refractivity contribution in [2.45, 2.75) is 45.9 Å². The number of aryl methyl sites for hydroxylation is 1. The average Bonchev–Trinajstić information content (AvgIpc) is 2.93. The molecule has 0 aliphatic carbocycles. The summed E-state index contributed by atoms with van der Waals surface area (Å²) in [6.07, 6.45) is 0.659. The van der Waals surface area contributed by atoms with Gasteiger partial charge in [0.25, 0.3) is 5.91 Å². The molecule has 30 heavy (non-hydrogen) atoms. The molecular weight excluding hydrogens is 460 g/mol. The minimum atomic E-state index is -1.31. The third kappa shape index (κ3) is 3.35. The number of carbonyl (C=O) groups excluding carboxylic acids is 1. The van der Waals surface area contributed by atoms with Crippen LogP contribution in [0.1, 0.15) is 37.7 Å². The van der Waals surface area contributed by atoms with Gasteiger partial charge >= 0.3 is 0 Å². The summed E-state index contributed by atoms with van der Waals surface area (Å²) in [6, 6.07) is 4.06. The molecule has 1 N–H and O–H groups in total. The van der Waals surface area contributed by atoms with Crippen molar-refractivity contribution in [3.63, 3.8) is 0 Å². The lowest BCUT2D eigenvalue weighted by atomic mass is 9.96. The highest BCUT2D eigenvalue weighted by Gasteiger charge is 2.36. The van der Waals surface area contributed by atoms with Crippen molar-refractivity contribution in [1.82, 2.24) is 9.38 Å². The van der Waals surface area contributed by atoms with Crippen molar-refractivity contribution >= 4 is 33.2 Å². The predicted molar refractivity (Wildman–Crippen MR) is 111 cm³/mol. The van der Waals surface area contributed by atoms with E-state index >= 15 is 0 Å². The lowest BCUT2D eigenvalue weighted by Gasteiger charge is -2.34. The molecule has 1 amide bonds. The Labute approximate surface area is 180 Å². The number of halogens is 3. The molecule has 2 aromatic heterocycles. The number of pyridine rings is 1. The van der Waals surface area contributed by atoms with Crippen molar-refractivity contribution < 1.29 is 23.4 Å². The van der Waals surface area contributed by atoms with Gasteiger partial charge in [-0.1, -0.05) is 0 Å². The van der Waals surface area contributed by atoms with E-state index in [4.69, 9.17) is 4.74 Å². The van der Waals surface area contributed by atoms with Gasteiger partial charge in [-0.05, 0) is 61.3 Å². The first-order chi connectivity index (χ1) is 14.0. The number of imidazole rings is 1. The molecule has 4 rings (SSSR count). The molecule has 0 fully saturated rings. The Balaban J connectivity index is 1.87. The maximum absolute atomic E-state index is 14.8. The predicted octanol–water partition coefficient (Wildman–Crippen LogP) is 4.22. The maximum Gasteiger partial charge on any atom is 0.268 e. The maximum atomic E-state index is 14.8. The molecule has 0 saturated heterocycles. The number of aromatic nitrogens is 2. The van der Waals surface area contributed by atoms with Crippen LogP contribution in [0.4, 0.5) is 14.5 Å². The van der Waals surface area contributed by atoms with Crippen LogP contribution < -0.4 is 9.64 Å². The lowest BCUT2D eigenvalue weighted by molar-refractivity contribution is -0.125. The summed E-state index contributed by atoms with van der Waals surface area (Å²) in [4.78, 5) is 18.8. The Bertz CT molecular complexity index is 1190. The van der Waals surface area contributed by atoms with Crippen LogP contribution in [0, 0.1) is 18.6 Å². The zero-order chi connectivity index (χ0) is 22.0. The minimum absolute atomic E-state index is 0.0474. The minimum Gasteiger partial charge on any atom is -0.476 e. The quantitative estimate of drug-likeness (QED) is 0.610. The Morgan fingerprint density at radius 2 is 1.97 bits per heavy atom. The van der Waals surface area contributed by atoms with Gasteiger partial charge in [-0.15, -0.1) is 0 Å². The van der Waals surface area contributed by atoms with Gasteiger partial charge in [-0.2, -0.15) is 0 Å². The van der Waals surface area contributed by atoms with E-state index < -0.39 is 23.3 Å². The van der Waals surface area contributed by atoms with Crippen molar-refractivity contribution in [1.29, 1.82) is 0 Å². The highest BCUT2D eigenvalue weighted by atomic mass is 79.9. The third-order valence-electron chi connectivity index (χ3n) is 5.20. The summed E-state index contributed by atoms with van der Waals surface area (Å²) >= 11 is 3.17. The van der Waals surface area contributed by atoms with E-state index in [1.165, 1.54) is 30.9 Å². The van der Waals surface area contributed by atoms with E-state index in [1.54, 1.807) is 30.5 Å². The summed E-state index contributed by atoms with van der Waals surface area (Å²) in [5.41, 5.74) is 0.886. The zero-order valence-electron chi connectivity index (χ0n) is 16.8. The van der Waals surface area contributed by atoms with Crippen molar-refractivity contribution in [2.24, 2.45) is 0 Å². The summed E-state index contributed by atoms with van der Waals surface area (Å²) < 4.78 is 36.2. The van der Waals surface area contributed by atoms with Crippen LogP contribution in [-0.2, 0) is 16.9 Å². The van der Waals surface area contributed by atoms with Gasteiger partial charge in [0.1, 0.15) is 11.5 Å². The molecule has 0 unspecified atom stereocenters. The van der Waals surface area contributed by atoms with Gasteiger partial charge in [0.05, 0.1) is 33.7 Å². The van der Waals surface area contributed by atoms with Gasteiger partial charge in [0, 0.05) is 12.3 Å². The molecule has 158 valence electrons. The number of fused-ring (bicyclic) bond motifs is 2. The molecular formula is C21H20BrF2N3O3. The van der Waals surface area contributed by atoms with Crippen LogP contribution >= 0.6 is 15.9 Å². The number of hydrogen-bond donors (Lipinski definition) is 1. The molecule has 9 heteroatoms. The standard InChI is InChI=1S/C21H20BrF2N3O3/c1-10-17(26-8-13(22)14(23)7-18(26)25-10)9-27-16-6-12(21(3,4)29)5-15(24)19(16)30-11(2)20(27)28/h5-8,11,29H,9H2,1-4H3/t11-/m1/s1. The summed E-state index contributed by atoms with van der Waals surface area (Å²) in [7, 11) is 0. The molecule has 6 nitrogen and oxygen atoms in total. The Hall–Kier alpha value is -2.52. The number of anilines is 1. The van der Waals surface area contributed by atoms with E-state index in [0.29, 0.717) is 22.6 Å². The Morgan fingerprint density at radius 3 is 2.63 bits per heavy atom. The molecule has 0 radical (unpaired) electrons. The van der Waals surface area contributed by atoms with Crippen molar-refractivity contribution in [2.75, 3.05) is 4.90 Å². The molecule has 1 aromatic carbocycles. The largest absolute Gasteiger partial charge is 0.476 e. The molecule has 1 aliphatic rings. The van der Waals surface area contributed by atoms with Crippen molar-refractivity contribution in [3.05, 3.63) is 57.5 Å². The van der Waals surface area contributed by atoms with Crippen LogP contribution in [0.2, 0.25) is 0 Å². The lowest BCUT2D eigenvalue weighted by Crippen LogP contribution is -2.44. The van der Waals surface area contributed by atoms with Gasteiger partial charge in [0.15, 0.2) is 17.7 Å². The number of amides is 1. The number of carbonyl (C=O) groups is 1. The molecule has 3 heterocycles. The topological polar surface area (TPSA) is 67.1 Å². The fraction of sp³-hybridized carbons (Fsp3) is 0.333. The van der Waals surface area contributed by atoms with Crippen LogP contribution in [0.3, 0.4) is 0 Å². The van der Waals surface area contributed by atoms with Gasteiger partial charge in [0.2, 0.25) is 0 Å². The summed E-state index contributed by atoms with van der Waals surface area (Å²) in [6.45, 7) is 6.45. The second-order valence-corrected chi connectivity index (χ2v) is 8.75. The fourth-order valence-corrected chi connectivity index (χ4v) is 3.84. The summed E-state index contributed by atoms with van der Waals surface area (Å²) in [5.74, 6) is -1.51. The first kappa shape index (κ1) is 20.7. The normalized spacial score (nSPS) is 16.7. The van der Waals surface area contributed by atoms with E-state index in [-0.39, 0.29) is 28.4 Å². The summed E-state index contributed by atoms with van der Waals surface area (Å²) in [5, 5.41) is 10.4. The Morgan fingerprint density at radius 1 is 1.27 bits per heavy atom. The number of aliphatic hydroxyl groups is 1. The Kier molecular flexibility index (Phi) is 4.85. The highest BCUT2D eigenvalue weighted by Crippen LogP contribution is 2.40. The first-order valence-corrected chi connectivity index (χ1v) is 10.1. The van der Waals surface area contributed by atoms with Crippen LogP contribution in [-0.4, -0.2) is 26.5 Å². The van der Waals surface area contributed by atoms with Crippen molar-refractivity contribution in [3.8, 4) is 5.75 Å². The van der Waals surface area contributed by atoms with E-state index in [9.17, 15) is 18.7 Å². The van der Waals surface area contributed by atoms with Crippen LogP contribution in [0.25, 0.3) is 5.65 Å².